The van der Waals surface area contributed by atoms with E-state index in [0.29, 0.717) is 17.1 Å². The van der Waals surface area contributed by atoms with Crippen molar-refractivity contribution in [1.82, 2.24) is 9.97 Å². The van der Waals surface area contributed by atoms with E-state index in [1.54, 1.807) is 6.07 Å². The van der Waals surface area contributed by atoms with E-state index in [4.69, 9.17) is 16.7 Å². The first-order valence-electron chi connectivity index (χ1n) is 4.59. The Bertz CT molecular complexity index is 519. The number of aliphatic hydroxyl groups is 1. The largest absolute Gasteiger partial charge is 0.390 e. The van der Waals surface area contributed by atoms with Crippen LogP contribution in [0.5, 0.6) is 0 Å². The molecule has 82 valence electrons. The summed E-state index contributed by atoms with van der Waals surface area (Å²) in [5.74, 6) is -0.0383. The number of rotatable bonds is 2. The minimum absolute atomic E-state index is 0.172. The van der Waals surface area contributed by atoms with Crippen LogP contribution in [0.15, 0.2) is 30.5 Å². The maximum Gasteiger partial charge on any atom is 0.160 e. The van der Waals surface area contributed by atoms with E-state index in [2.05, 4.69) is 9.97 Å². The van der Waals surface area contributed by atoms with Crippen molar-refractivity contribution in [2.24, 2.45) is 0 Å². The summed E-state index contributed by atoms with van der Waals surface area (Å²) in [5, 5.41) is 9.18. The van der Waals surface area contributed by atoms with Crippen molar-refractivity contribution in [3.63, 3.8) is 0 Å². The number of nitrogens with zero attached hydrogens (tertiary/aromatic N) is 2. The Labute approximate surface area is 96.6 Å². The first kappa shape index (κ1) is 11.0. The van der Waals surface area contributed by atoms with Crippen molar-refractivity contribution in [1.29, 1.82) is 0 Å². The molecule has 0 saturated heterocycles. The van der Waals surface area contributed by atoms with Gasteiger partial charge in [0.15, 0.2) is 5.82 Å². The van der Waals surface area contributed by atoms with E-state index in [0.717, 1.165) is 0 Å². The van der Waals surface area contributed by atoms with Gasteiger partial charge in [-0.25, -0.2) is 14.4 Å². The molecular formula is C11H8ClFN2O. The summed E-state index contributed by atoms with van der Waals surface area (Å²) in [7, 11) is 0. The summed E-state index contributed by atoms with van der Waals surface area (Å²) in [4.78, 5) is 8.10. The standard InChI is InChI=1S/C11H8ClFN2O/c12-10-5-7(13)1-2-9(10)11-14-4-3-8(6-16)15-11/h1-5,16H,6H2. The van der Waals surface area contributed by atoms with Gasteiger partial charge in [0.1, 0.15) is 5.82 Å². The van der Waals surface area contributed by atoms with Gasteiger partial charge in [-0.3, -0.25) is 0 Å². The van der Waals surface area contributed by atoms with Gasteiger partial charge in [0.2, 0.25) is 0 Å². The van der Waals surface area contributed by atoms with Gasteiger partial charge >= 0.3 is 0 Å². The minimum Gasteiger partial charge on any atom is -0.390 e. The molecular weight excluding hydrogens is 231 g/mol. The summed E-state index contributed by atoms with van der Waals surface area (Å²) in [6.07, 6.45) is 1.52. The maximum atomic E-state index is 12.8. The molecule has 0 amide bonds. The van der Waals surface area contributed by atoms with Crippen LogP contribution in [0.25, 0.3) is 11.4 Å². The minimum atomic E-state index is -0.410. The van der Waals surface area contributed by atoms with Crippen LogP contribution < -0.4 is 0 Å². The zero-order chi connectivity index (χ0) is 11.5. The van der Waals surface area contributed by atoms with Crippen LogP contribution in [0.1, 0.15) is 5.69 Å². The Hall–Kier alpha value is -1.52. The molecule has 0 radical (unpaired) electrons. The van der Waals surface area contributed by atoms with E-state index < -0.39 is 5.82 Å². The SMILES string of the molecule is OCc1ccnc(-c2ccc(F)cc2Cl)n1. The Balaban J connectivity index is 2.49. The van der Waals surface area contributed by atoms with Crippen LogP contribution in [0.2, 0.25) is 5.02 Å². The Morgan fingerprint density at radius 2 is 2.12 bits per heavy atom. The third-order valence-electron chi connectivity index (χ3n) is 2.05. The normalized spacial score (nSPS) is 10.4. The highest BCUT2D eigenvalue weighted by atomic mass is 35.5. The van der Waals surface area contributed by atoms with Crippen molar-refractivity contribution in [2.75, 3.05) is 0 Å². The van der Waals surface area contributed by atoms with Gasteiger partial charge in [-0.2, -0.15) is 0 Å². The Kier molecular flexibility index (Phi) is 3.12. The molecule has 0 aliphatic carbocycles. The van der Waals surface area contributed by atoms with E-state index >= 15 is 0 Å². The molecule has 5 heteroatoms. The van der Waals surface area contributed by atoms with Crippen molar-refractivity contribution in [3.05, 3.63) is 47.0 Å². The average Bonchev–Trinajstić information content (AvgIpc) is 2.29. The van der Waals surface area contributed by atoms with E-state index in [9.17, 15) is 4.39 Å². The second kappa shape index (κ2) is 4.55. The predicted molar refractivity (Wildman–Crippen MR) is 58.4 cm³/mol. The number of hydrogen-bond acceptors (Lipinski definition) is 3. The van der Waals surface area contributed by atoms with Crippen molar-refractivity contribution < 1.29 is 9.50 Å². The van der Waals surface area contributed by atoms with Crippen LogP contribution in [-0.2, 0) is 6.61 Å². The van der Waals surface area contributed by atoms with Gasteiger partial charge in [-0.05, 0) is 24.3 Å². The zero-order valence-corrected chi connectivity index (χ0v) is 8.95. The molecule has 2 aromatic rings. The number of benzene rings is 1. The average molecular weight is 239 g/mol. The van der Waals surface area contributed by atoms with Gasteiger partial charge in [-0.1, -0.05) is 11.6 Å². The molecule has 0 spiro atoms. The number of hydrogen-bond donors (Lipinski definition) is 1. The van der Waals surface area contributed by atoms with Crippen molar-refractivity contribution in [2.45, 2.75) is 6.61 Å². The van der Waals surface area contributed by atoms with Gasteiger partial charge < -0.3 is 5.11 Å². The maximum absolute atomic E-state index is 12.8. The van der Waals surface area contributed by atoms with E-state index in [1.807, 2.05) is 0 Å². The molecule has 16 heavy (non-hydrogen) atoms. The molecule has 1 heterocycles. The molecule has 0 saturated carbocycles. The molecule has 2 rings (SSSR count). The van der Waals surface area contributed by atoms with E-state index in [-0.39, 0.29) is 11.6 Å². The highest BCUT2D eigenvalue weighted by Crippen LogP contribution is 2.25. The lowest BCUT2D eigenvalue weighted by Gasteiger charge is -2.03. The first-order valence-corrected chi connectivity index (χ1v) is 4.96. The summed E-state index contributed by atoms with van der Waals surface area (Å²) in [6, 6.07) is 5.59. The lowest BCUT2D eigenvalue weighted by Crippen LogP contribution is -1.95. The zero-order valence-electron chi connectivity index (χ0n) is 8.19. The fourth-order valence-corrected chi connectivity index (χ4v) is 1.54. The quantitative estimate of drug-likeness (QED) is 0.874. The predicted octanol–water partition coefficient (Wildman–Crippen LogP) is 2.43. The molecule has 0 unspecified atom stereocenters. The third-order valence-corrected chi connectivity index (χ3v) is 2.36. The molecule has 3 nitrogen and oxygen atoms in total. The first-order chi connectivity index (χ1) is 7.70. The van der Waals surface area contributed by atoms with Crippen LogP contribution in [0.3, 0.4) is 0 Å². The van der Waals surface area contributed by atoms with Gasteiger partial charge in [0.25, 0.3) is 0 Å². The second-order valence-electron chi connectivity index (χ2n) is 3.15. The van der Waals surface area contributed by atoms with Crippen molar-refractivity contribution >= 4 is 11.6 Å². The number of aliphatic hydroxyl groups excluding tert-OH is 1. The molecule has 1 aromatic carbocycles. The monoisotopic (exact) mass is 238 g/mol. The Morgan fingerprint density at radius 3 is 2.81 bits per heavy atom. The second-order valence-corrected chi connectivity index (χ2v) is 3.56. The van der Waals surface area contributed by atoms with Gasteiger partial charge in [0.05, 0.1) is 17.3 Å². The molecule has 1 aromatic heterocycles. The van der Waals surface area contributed by atoms with Crippen LogP contribution in [-0.4, -0.2) is 15.1 Å². The summed E-state index contributed by atoms with van der Waals surface area (Å²) >= 11 is 5.88. The van der Waals surface area contributed by atoms with Crippen LogP contribution >= 0.6 is 11.6 Å². The molecule has 1 N–H and O–H groups in total. The summed E-state index contributed by atoms with van der Waals surface area (Å²) in [6.45, 7) is -0.172. The molecule has 0 aliphatic heterocycles. The third kappa shape index (κ3) is 2.18. The van der Waals surface area contributed by atoms with Gasteiger partial charge in [-0.15, -0.1) is 0 Å². The van der Waals surface area contributed by atoms with Crippen LogP contribution in [0, 0.1) is 5.82 Å². The molecule has 0 bridgehead atoms. The Morgan fingerprint density at radius 1 is 1.31 bits per heavy atom. The van der Waals surface area contributed by atoms with E-state index in [1.165, 1.54) is 24.4 Å². The lowest BCUT2D eigenvalue weighted by molar-refractivity contribution is 0.277. The highest BCUT2D eigenvalue weighted by Gasteiger charge is 2.07. The smallest absolute Gasteiger partial charge is 0.160 e. The van der Waals surface area contributed by atoms with Crippen LogP contribution in [0.4, 0.5) is 4.39 Å². The fourth-order valence-electron chi connectivity index (χ4n) is 1.28. The topological polar surface area (TPSA) is 46.0 Å². The molecule has 0 fully saturated rings. The molecule has 0 atom stereocenters. The number of halogens is 2. The number of aromatic nitrogens is 2. The summed E-state index contributed by atoms with van der Waals surface area (Å²) < 4.78 is 12.8. The fraction of sp³-hybridized carbons (Fsp3) is 0.0909. The highest BCUT2D eigenvalue weighted by molar-refractivity contribution is 6.33. The van der Waals surface area contributed by atoms with Gasteiger partial charge in [0, 0.05) is 11.8 Å². The van der Waals surface area contributed by atoms with Crippen molar-refractivity contribution in [3.8, 4) is 11.4 Å². The molecule has 0 aliphatic rings. The lowest BCUT2D eigenvalue weighted by atomic mass is 10.2. The summed E-state index contributed by atoms with van der Waals surface area (Å²) in [5.41, 5.74) is 1.03.